The van der Waals surface area contributed by atoms with Crippen molar-refractivity contribution in [2.45, 2.75) is 31.2 Å². The van der Waals surface area contributed by atoms with E-state index in [0.29, 0.717) is 30.4 Å². The molecule has 3 aromatic rings. The van der Waals surface area contributed by atoms with Crippen LogP contribution in [0.4, 0.5) is 0 Å². The topological polar surface area (TPSA) is 90.4 Å². The van der Waals surface area contributed by atoms with Crippen LogP contribution in [0.1, 0.15) is 31.4 Å². The molecule has 4 heterocycles. The third-order valence-corrected chi connectivity index (χ3v) is 7.40. The van der Waals surface area contributed by atoms with Crippen molar-refractivity contribution in [1.29, 1.82) is 0 Å². The minimum Gasteiger partial charge on any atom is -0.454 e. The van der Waals surface area contributed by atoms with Crippen LogP contribution >= 0.6 is 23.6 Å². The summed E-state index contributed by atoms with van der Waals surface area (Å²) in [5.74, 6) is 2.07. The maximum Gasteiger partial charge on any atom is 0.242 e. The molecule has 1 aromatic carbocycles. The number of benzene rings is 1. The largest absolute Gasteiger partial charge is 0.454 e. The standard InChI is InChI=1S/C22H24N4O4S2/c1-14(26-19(24-25-21(26)31)18-3-2-10-32-18)20(27)23-12-22(6-8-28-9-7-22)15-4-5-16-17(11-15)30-13-29-16/h2-5,10-11,14H,6-9,12-13H2,1H3,(H,23,27)(H,25,31). The number of nitrogens with one attached hydrogen (secondary N) is 2. The fraction of sp³-hybridized carbons (Fsp3) is 0.409. The van der Waals surface area contributed by atoms with E-state index in [2.05, 4.69) is 21.6 Å². The monoisotopic (exact) mass is 472 g/mol. The molecule has 1 amide bonds. The zero-order chi connectivity index (χ0) is 22.1. The van der Waals surface area contributed by atoms with Gasteiger partial charge in [0.05, 0.1) is 4.88 Å². The summed E-state index contributed by atoms with van der Waals surface area (Å²) < 4.78 is 18.9. The average Bonchev–Trinajstić information content (AvgIpc) is 3.57. The second kappa shape index (κ2) is 8.68. The molecule has 1 atom stereocenters. The molecule has 0 spiro atoms. The first kappa shape index (κ1) is 21.2. The fourth-order valence-electron chi connectivity index (χ4n) is 4.32. The number of H-pyrrole nitrogens is 1. The van der Waals surface area contributed by atoms with Gasteiger partial charge in [-0.15, -0.1) is 11.3 Å². The molecule has 8 nitrogen and oxygen atoms in total. The molecule has 168 valence electrons. The van der Waals surface area contributed by atoms with Crippen LogP contribution in [0, 0.1) is 4.77 Å². The summed E-state index contributed by atoms with van der Waals surface area (Å²) in [7, 11) is 0. The number of nitrogens with zero attached hydrogens (tertiary/aromatic N) is 2. The van der Waals surface area contributed by atoms with E-state index < -0.39 is 6.04 Å². The molecule has 2 aliphatic rings. The molecule has 2 aliphatic heterocycles. The van der Waals surface area contributed by atoms with Gasteiger partial charge in [0, 0.05) is 25.2 Å². The molecule has 0 radical (unpaired) electrons. The quantitative estimate of drug-likeness (QED) is 0.530. The van der Waals surface area contributed by atoms with Gasteiger partial charge in [-0.25, -0.2) is 0 Å². The first-order valence-corrected chi connectivity index (χ1v) is 11.8. The Hall–Kier alpha value is -2.69. The number of hydrogen-bond donors (Lipinski definition) is 2. The summed E-state index contributed by atoms with van der Waals surface area (Å²) >= 11 is 6.98. The van der Waals surface area contributed by atoms with Gasteiger partial charge in [-0.05, 0) is 61.1 Å². The molecule has 1 saturated heterocycles. The Morgan fingerprint density at radius 1 is 1.31 bits per heavy atom. The number of thiophene rings is 1. The summed E-state index contributed by atoms with van der Waals surface area (Å²) in [5, 5.41) is 12.3. The molecular formula is C22H24N4O4S2. The van der Waals surface area contributed by atoms with E-state index in [4.69, 9.17) is 26.4 Å². The maximum atomic E-state index is 13.2. The fourth-order valence-corrected chi connectivity index (χ4v) is 5.32. The average molecular weight is 473 g/mol. The lowest BCUT2D eigenvalue weighted by Gasteiger charge is -2.38. The number of aromatic nitrogens is 3. The van der Waals surface area contributed by atoms with Gasteiger partial charge in [0.1, 0.15) is 6.04 Å². The molecule has 0 aliphatic carbocycles. The Kier molecular flexibility index (Phi) is 5.75. The summed E-state index contributed by atoms with van der Waals surface area (Å²) in [6, 6.07) is 9.45. The second-order valence-corrected chi connectivity index (χ2v) is 9.39. The molecule has 2 aromatic heterocycles. The van der Waals surface area contributed by atoms with Crippen LogP contribution in [-0.2, 0) is 14.9 Å². The summed E-state index contributed by atoms with van der Waals surface area (Å²) in [6.07, 6.45) is 1.62. The Labute approximate surface area is 194 Å². The van der Waals surface area contributed by atoms with Gasteiger partial charge in [-0.2, -0.15) is 5.10 Å². The molecule has 5 rings (SSSR count). The highest BCUT2D eigenvalue weighted by Crippen LogP contribution is 2.40. The van der Waals surface area contributed by atoms with Crippen LogP contribution in [0.5, 0.6) is 11.5 Å². The Balaban J connectivity index is 1.37. The van der Waals surface area contributed by atoms with Gasteiger partial charge in [0.15, 0.2) is 22.1 Å². The van der Waals surface area contributed by atoms with Gasteiger partial charge in [0.2, 0.25) is 12.7 Å². The smallest absolute Gasteiger partial charge is 0.242 e. The number of carbonyl (C=O) groups excluding carboxylic acids is 1. The third-order valence-electron chi connectivity index (χ3n) is 6.25. The van der Waals surface area contributed by atoms with Crippen molar-refractivity contribution in [2.75, 3.05) is 26.6 Å². The van der Waals surface area contributed by atoms with E-state index >= 15 is 0 Å². The lowest BCUT2D eigenvalue weighted by Crippen LogP contribution is -2.46. The number of rotatable bonds is 6. The van der Waals surface area contributed by atoms with Crippen molar-refractivity contribution in [2.24, 2.45) is 0 Å². The number of amides is 1. The van der Waals surface area contributed by atoms with Crippen LogP contribution in [0.15, 0.2) is 35.7 Å². The maximum absolute atomic E-state index is 13.2. The van der Waals surface area contributed by atoms with Crippen LogP contribution in [0.25, 0.3) is 10.7 Å². The van der Waals surface area contributed by atoms with E-state index in [1.54, 1.807) is 15.9 Å². The first-order valence-electron chi connectivity index (χ1n) is 10.5. The van der Waals surface area contributed by atoms with Crippen molar-refractivity contribution in [1.82, 2.24) is 20.1 Å². The van der Waals surface area contributed by atoms with Gasteiger partial charge in [-0.1, -0.05) is 12.1 Å². The summed E-state index contributed by atoms with van der Waals surface area (Å²) in [5.41, 5.74) is 0.889. The van der Waals surface area contributed by atoms with Crippen LogP contribution in [0.3, 0.4) is 0 Å². The second-order valence-electron chi connectivity index (χ2n) is 8.05. The SMILES string of the molecule is CC(C(=O)NCC1(c2ccc3c(c2)OCO3)CCOCC1)n1c(-c2cccs2)n[nH]c1=S. The minimum absolute atomic E-state index is 0.105. The molecule has 1 unspecified atom stereocenters. The minimum atomic E-state index is -0.507. The molecule has 32 heavy (non-hydrogen) atoms. The van der Waals surface area contributed by atoms with Gasteiger partial charge >= 0.3 is 0 Å². The van der Waals surface area contributed by atoms with Crippen LogP contribution in [-0.4, -0.2) is 47.2 Å². The van der Waals surface area contributed by atoms with E-state index in [1.807, 2.05) is 36.6 Å². The Bertz CT molecular complexity index is 1170. The van der Waals surface area contributed by atoms with Crippen LogP contribution < -0.4 is 14.8 Å². The molecule has 2 N–H and O–H groups in total. The van der Waals surface area contributed by atoms with Gasteiger partial charge in [0.25, 0.3) is 0 Å². The summed E-state index contributed by atoms with van der Waals surface area (Å²) in [6.45, 7) is 3.87. The number of ether oxygens (including phenoxy) is 3. The van der Waals surface area contributed by atoms with Crippen molar-refractivity contribution in [3.8, 4) is 22.2 Å². The lowest BCUT2D eigenvalue weighted by atomic mass is 9.74. The predicted molar refractivity (Wildman–Crippen MR) is 123 cm³/mol. The highest BCUT2D eigenvalue weighted by atomic mass is 32.1. The Morgan fingerprint density at radius 3 is 2.91 bits per heavy atom. The van der Waals surface area contributed by atoms with Crippen molar-refractivity contribution in [3.63, 3.8) is 0 Å². The highest BCUT2D eigenvalue weighted by Gasteiger charge is 2.36. The van der Waals surface area contributed by atoms with Crippen molar-refractivity contribution < 1.29 is 19.0 Å². The third kappa shape index (κ3) is 3.82. The van der Waals surface area contributed by atoms with E-state index in [0.717, 1.165) is 34.8 Å². The van der Waals surface area contributed by atoms with Crippen molar-refractivity contribution in [3.05, 3.63) is 46.0 Å². The number of aromatic amines is 1. The molecule has 0 saturated carbocycles. The predicted octanol–water partition coefficient (Wildman–Crippen LogP) is 3.82. The van der Waals surface area contributed by atoms with Crippen molar-refractivity contribution >= 4 is 29.5 Å². The normalized spacial score (nSPS) is 17.8. The van der Waals surface area contributed by atoms with E-state index in [1.165, 1.54) is 0 Å². The Morgan fingerprint density at radius 2 is 2.12 bits per heavy atom. The molecule has 0 bridgehead atoms. The highest BCUT2D eigenvalue weighted by molar-refractivity contribution is 7.71. The number of carbonyl (C=O) groups is 1. The van der Waals surface area contributed by atoms with Gasteiger partial charge in [-0.3, -0.25) is 14.5 Å². The number of hydrogen-bond acceptors (Lipinski definition) is 7. The zero-order valence-corrected chi connectivity index (χ0v) is 19.3. The van der Waals surface area contributed by atoms with E-state index in [-0.39, 0.29) is 18.1 Å². The summed E-state index contributed by atoms with van der Waals surface area (Å²) in [4.78, 5) is 14.2. The first-order chi connectivity index (χ1) is 15.6. The molecule has 10 heteroatoms. The lowest BCUT2D eigenvalue weighted by molar-refractivity contribution is -0.124. The van der Waals surface area contributed by atoms with E-state index in [9.17, 15) is 4.79 Å². The molecule has 1 fully saturated rings. The van der Waals surface area contributed by atoms with Gasteiger partial charge < -0.3 is 19.5 Å². The van der Waals surface area contributed by atoms with Crippen LogP contribution in [0.2, 0.25) is 0 Å². The number of fused-ring (bicyclic) bond motifs is 1. The zero-order valence-electron chi connectivity index (χ0n) is 17.6. The molecular weight excluding hydrogens is 448 g/mol.